The fourth-order valence-corrected chi connectivity index (χ4v) is 6.76. The first-order valence-electron chi connectivity index (χ1n) is 16.9. The predicted octanol–water partition coefficient (Wildman–Crippen LogP) is 4.97. The van der Waals surface area contributed by atoms with Gasteiger partial charge in [-0.05, 0) is 54.5 Å². The number of aromatic amines is 1. The number of likely N-dealkylation sites (tertiary alicyclic amines) is 1. The first kappa shape index (κ1) is 33.6. The maximum Gasteiger partial charge on any atom is 0.326 e. The van der Waals surface area contributed by atoms with Crippen molar-refractivity contribution in [3.8, 4) is 0 Å². The molecule has 0 radical (unpaired) electrons. The molecule has 48 heavy (non-hydrogen) atoms. The number of fused-ring (bicyclic) bond motifs is 1. The molecule has 11 nitrogen and oxygen atoms in total. The molecule has 1 aromatic heterocycles. The number of amides is 1. The lowest BCUT2D eigenvalue weighted by Gasteiger charge is -2.40. The predicted molar refractivity (Wildman–Crippen MR) is 180 cm³/mol. The second-order valence-corrected chi connectivity index (χ2v) is 12.8. The smallest absolute Gasteiger partial charge is 0.326 e. The van der Waals surface area contributed by atoms with Crippen molar-refractivity contribution in [2.45, 2.75) is 82.6 Å². The fourth-order valence-electron chi connectivity index (χ4n) is 6.76. The minimum absolute atomic E-state index is 0.0156. The molecule has 2 saturated heterocycles. The number of carboxylic acid groups (broad SMARTS) is 1. The highest BCUT2D eigenvalue weighted by Crippen LogP contribution is 2.38. The summed E-state index contributed by atoms with van der Waals surface area (Å²) in [4.78, 5) is 41.1. The summed E-state index contributed by atoms with van der Waals surface area (Å²) in [5.41, 5.74) is 5.47. The van der Waals surface area contributed by atoms with Gasteiger partial charge < -0.3 is 34.9 Å². The number of rotatable bonds is 13. The molecule has 3 aromatic carbocycles. The third kappa shape index (κ3) is 8.40. The van der Waals surface area contributed by atoms with Gasteiger partial charge in [0.2, 0.25) is 5.91 Å². The molecule has 3 atom stereocenters. The van der Waals surface area contributed by atoms with Crippen LogP contribution in [-0.2, 0) is 32.2 Å². The number of ether oxygens (including phenoxy) is 2. The number of para-hydroxylation sites is 2. The number of aromatic nitrogens is 2. The van der Waals surface area contributed by atoms with Crippen molar-refractivity contribution in [3.05, 3.63) is 106 Å². The number of aliphatic carboxylic acids is 1. The maximum absolute atomic E-state index is 12.8. The van der Waals surface area contributed by atoms with Gasteiger partial charge in [0.15, 0.2) is 6.29 Å². The highest BCUT2D eigenvalue weighted by Gasteiger charge is 2.34. The molecule has 2 aliphatic heterocycles. The Bertz CT molecular complexity index is 1730. The summed E-state index contributed by atoms with van der Waals surface area (Å²) in [5.74, 6) is -0.946. The van der Waals surface area contributed by atoms with Crippen molar-refractivity contribution in [2.24, 2.45) is 0 Å². The number of nitrogens with one attached hydrogen (secondary N) is 2. The van der Waals surface area contributed by atoms with E-state index >= 15 is 0 Å². The lowest BCUT2D eigenvalue weighted by atomic mass is 9.98. The number of aliphatic hydroxyl groups excluding tert-OH is 1. The number of nitrogens with zero attached hydrogens (tertiary/aromatic N) is 2. The molecule has 3 unspecified atom stereocenters. The standard InChI is InChI=1S/C37H44N4O7/c42-24-26-11-13-27(14-12-26)33-21-30(23-40-19-17-29(18-20-40)41-32-6-2-1-5-31(32)39-37(41)46)47-36(48-33)28-15-9-25(10-16-28)22-38-34(43)7-3-4-8-35(44)45/h1-2,5-6,9-16,29-30,33,36,42H,3-4,7-8,17-24H2,(H,38,43)(H,39,46)(H,44,45). The zero-order valence-electron chi connectivity index (χ0n) is 27.1. The highest BCUT2D eigenvalue weighted by atomic mass is 16.7. The molecule has 0 bridgehead atoms. The molecule has 0 saturated carbocycles. The lowest BCUT2D eigenvalue weighted by Crippen LogP contribution is -2.43. The summed E-state index contributed by atoms with van der Waals surface area (Å²) in [7, 11) is 0. The highest BCUT2D eigenvalue weighted by molar-refractivity contribution is 5.76. The molecule has 0 aliphatic carbocycles. The van der Waals surface area contributed by atoms with Crippen LogP contribution in [0.25, 0.3) is 11.0 Å². The van der Waals surface area contributed by atoms with Gasteiger partial charge in [-0.1, -0.05) is 60.7 Å². The zero-order valence-corrected chi connectivity index (χ0v) is 27.1. The minimum Gasteiger partial charge on any atom is -0.481 e. The molecule has 1 amide bonds. The van der Waals surface area contributed by atoms with E-state index in [0.29, 0.717) is 32.2 Å². The Morgan fingerprint density at radius 3 is 2.29 bits per heavy atom. The number of benzene rings is 3. The molecule has 2 aliphatic rings. The van der Waals surface area contributed by atoms with E-state index < -0.39 is 12.3 Å². The van der Waals surface area contributed by atoms with Crippen molar-refractivity contribution in [1.82, 2.24) is 19.8 Å². The van der Waals surface area contributed by atoms with Crippen molar-refractivity contribution >= 4 is 22.9 Å². The Morgan fingerprint density at radius 1 is 0.875 bits per heavy atom. The number of hydrogen-bond donors (Lipinski definition) is 4. The van der Waals surface area contributed by atoms with Crippen LogP contribution in [0.5, 0.6) is 0 Å². The van der Waals surface area contributed by atoms with Crippen LogP contribution in [0, 0.1) is 0 Å². The third-order valence-corrected chi connectivity index (χ3v) is 9.41. The van der Waals surface area contributed by atoms with E-state index in [1.165, 1.54) is 0 Å². The van der Waals surface area contributed by atoms with E-state index in [2.05, 4.69) is 15.2 Å². The number of H-pyrrole nitrogens is 1. The number of imidazole rings is 1. The molecular formula is C37H44N4O7. The summed E-state index contributed by atoms with van der Waals surface area (Å²) in [6.45, 7) is 2.83. The summed E-state index contributed by atoms with van der Waals surface area (Å²) >= 11 is 0. The number of carboxylic acids is 1. The van der Waals surface area contributed by atoms with E-state index in [0.717, 1.165) is 65.8 Å². The van der Waals surface area contributed by atoms with E-state index in [9.17, 15) is 19.5 Å². The van der Waals surface area contributed by atoms with Gasteiger partial charge >= 0.3 is 11.7 Å². The molecule has 6 rings (SSSR count). The topological polar surface area (TPSA) is 146 Å². The lowest BCUT2D eigenvalue weighted by molar-refractivity contribution is -0.253. The average Bonchev–Trinajstić information content (AvgIpc) is 3.45. The van der Waals surface area contributed by atoms with E-state index in [1.54, 1.807) is 0 Å². The number of piperidine rings is 1. The van der Waals surface area contributed by atoms with E-state index in [-0.39, 0.29) is 42.9 Å². The number of carbonyl (C=O) groups excluding carboxylic acids is 1. The minimum atomic E-state index is -0.847. The van der Waals surface area contributed by atoms with E-state index in [4.69, 9.17) is 14.6 Å². The van der Waals surface area contributed by atoms with Crippen LogP contribution < -0.4 is 11.0 Å². The Labute approximate surface area is 279 Å². The molecule has 254 valence electrons. The Kier molecular flexibility index (Phi) is 11.0. The summed E-state index contributed by atoms with van der Waals surface area (Å²) in [6, 6.07) is 23.7. The Balaban J connectivity index is 1.08. The first-order valence-corrected chi connectivity index (χ1v) is 16.9. The van der Waals surface area contributed by atoms with Crippen LogP contribution in [0.2, 0.25) is 0 Å². The van der Waals surface area contributed by atoms with Crippen LogP contribution in [0.3, 0.4) is 0 Å². The van der Waals surface area contributed by atoms with Gasteiger partial charge in [-0.2, -0.15) is 0 Å². The third-order valence-electron chi connectivity index (χ3n) is 9.41. The van der Waals surface area contributed by atoms with Gasteiger partial charge in [0.1, 0.15) is 0 Å². The largest absolute Gasteiger partial charge is 0.481 e. The van der Waals surface area contributed by atoms with Gasteiger partial charge in [0, 0.05) is 57.0 Å². The number of unbranched alkanes of at least 4 members (excludes halogenated alkanes) is 1. The maximum atomic E-state index is 12.8. The quantitative estimate of drug-likeness (QED) is 0.148. The molecule has 4 aromatic rings. The number of hydrogen-bond acceptors (Lipinski definition) is 7. The van der Waals surface area contributed by atoms with Crippen molar-refractivity contribution in [2.75, 3.05) is 19.6 Å². The van der Waals surface area contributed by atoms with Gasteiger partial charge in [0.05, 0.1) is 29.8 Å². The van der Waals surface area contributed by atoms with E-state index in [1.807, 2.05) is 77.4 Å². The van der Waals surface area contributed by atoms with Gasteiger partial charge in [0.25, 0.3) is 0 Å². The van der Waals surface area contributed by atoms with Crippen LogP contribution in [0.15, 0.2) is 77.6 Å². The molecule has 11 heteroatoms. The van der Waals surface area contributed by atoms with Crippen LogP contribution in [0.1, 0.15) is 85.6 Å². The summed E-state index contributed by atoms with van der Waals surface area (Å²) < 4.78 is 15.0. The zero-order chi connectivity index (χ0) is 33.5. The summed E-state index contributed by atoms with van der Waals surface area (Å²) in [6.07, 6.45) is 2.99. The van der Waals surface area contributed by atoms with Crippen LogP contribution in [-0.4, -0.2) is 62.3 Å². The molecule has 3 heterocycles. The van der Waals surface area contributed by atoms with Crippen molar-refractivity contribution < 1.29 is 29.3 Å². The molecule has 0 spiro atoms. The number of aliphatic hydroxyl groups is 1. The second-order valence-electron chi connectivity index (χ2n) is 12.8. The van der Waals surface area contributed by atoms with Crippen LogP contribution in [0.4, 0.5) is 0 Å². The monoisotopic (exact) mass is 656 g/mol. The Hall–Kier alpha value is -4.29. The van der Waals surface area contributed by atoms with Crippen LogP contribution >= 0.6 is 0 Å². The average molecular weight is 657 g/mol. The van der Waals surface area contributed by atoms with Gasteiger partial charge in [-0.3, -0.25) is 14.2 Å². The van der Waals surface area contributed by atoms with Gasteiger partial charge in [-0.15, -0.1) is 0 Å². The second kappa shape index (κ2) is 15.7. The molecule has 2 fully saturated rings. The van der Waals surface area contributed by atoms with Crippen molar-refractivity contribution in [1.29, 1.82) is 0 Å². The fraction of sp³-hybridized carbons (Fsp3) is 0.432. The molecule has 4 N–H and O–H groups in total. The number of carbonyl (C=O) groups is 2. The van der Waals surface area contributed by atoms with Gasteiger partial charge in [-0.25, -0.2) is 4.79 Å². The molecular weight excluding hydrogens is 612 g/mol. The van der Waals surface area contributed by atoms with Crippen molar-refractivity contribution in [3.63, 3.8) is 0 Å². The SMILES string of the molecule is O=C(O)CCCCC(=O)NCc1ccc(C2OC(CN3CCC(n4c(=O)[nH]c5ccccc54)CC3)CC(c3ccc(CO)cc3)O2)cc1. The first-order chi connectivity index (χ1) is 23.4. The Morgan fingerprint density at radius 2 is 1.56 bits per heavy atom. The summed E-state index contributed by atoms with van der Waals surface area (Å²) in [5, 5.41) is 21.2. The normalized spacial score (nSPS) is 20.6.